The Hall–Kier alpha value is -1.61. The molecule has 0 aliphatic carbocycles. The van der Waals surface area contributed by atoms with Crippen molar-refractivity contribution in [1.29, 1.82) is 0 Å². The Morgan fingerprint density at radius 1 is 1.18 bits per heavy atom. The van der Waals surface area contributed by atoms with E-state index in [9.17, 15) is 5.11 Å². The van der Waals surface area contributed by atoms with E-state index < -0.39 is 0 Å². The number of aromatic hydroxyl groups is 1. The largest absolute Gasteiger partial charge is 0.508 e. The van der Waals surface area contributed by atoms with Gasteiger partial charge in [0.25, 0.3) is 0 Å². The zero-order valence-electron chi connectivity index (χ0n) is 9.74. The van der Waals surface area contributed by atoms with Crippen molar-refractivity contribution in [2.75, 3.05) is 0 Å². The van der Waals surface area contributed by atoms with Gasteiger partial charge in [0.1, 0.15) is 10.9 Å². The van der Waals surface area contributed by atoms with Crippen molar-refractivity contribution in [2.45, 2.75) is 20.3 Å². The van der Waals surface area contributed by atoms with Crippen molar-refractivity contribution >= 4 is 11.6 Å². The lowest BCUT2D eigenvalue weighted by molar-refractivity contribution is 0.475. The molecule has 0 aliphatic heterocycles. The third-order valence-electron chi connectivity index (χ3n) is 2.64. The summed E-state index contributed by atoms with van der Waals surface area (Å²) in [5.74, 6) is 0.812. The molecule has 0 aliphatic rings. The van der Waals surface area contributed by atoms with E-state index in [2.05, 4.69) is 9.97 Å². The first-order valence-corrected chi connectivity index (χ1v) is 5.82. The predicted octanol–water partition coefficient (Wildman–Crippen LogP) is 3.37. The van der Waals surface area contributed by atoms with E-state index in [0.717, 1.165) is 23.2 Å². The van der Waals surface area contributed by atoms with Crippen molar-refractivity contribution in [3.8, 4) is 17.1 Å². The molecule has 17 heavy (non-hydrogen) atoms. The van der Waals surface area contributed by atoms with Crippen LogP contribution in [0.3, 0.4) is 0 Å². The second kappa shape index (κ2) is 4.72. The lowest BCUT2D eigenvalue weighted by atomic mass is 10.1. The number of rotatable bonds is 2. The van der Waals surface area contributed by atoms with Crippen molar-refractivity contribution in [3.63, 3.8) is 0 Å². The molecule has 0 saturated carbocycles. The van der Waals surface area contributed by atoms with Crippen LogP contribution in [0.2, 0.25) is 5.15 Å². The summed E-state index contributed by atoms with van der Waals surface area (Å²) < 4.78 is 0. The maximum atomic E-state index is 9.23. The molecule has 3 nitrogen and oxygen atoms in total. The summed E-state index contributed by atoms with van der Waals surface area (Å²) in [4.78, 5) is 8.70. The van der Waals surface area contributed by atoms with Crippen LogP contribution in [0, 0.1) is 6.92 Å². The van der Waals surface area contributed by atoms with Gasteiger partial charge in [-0.05, 0) is 37.6 Å². The number of phenolic OH excluding ortho intramolecular Hbond substituents is 1. The molecular formula is C13H13ClN2O. The second-order valence-electron chi connectivity index (χ2n) is 3.80. The highest BCUT2D eigenvalue weighted by molar-refractivity contribution is 6.30. The highest BCUT2D eigenvalue weighted by Gasteiger charge is 2.09. The Morgan fingerprint density at radius 3 is 2.35 bits per heavy atom. The average Bonchev–Trinajstić information content (AvgIpc) is 2.29. The number of benzene rings is 1. The molecule has 0 atom stereocenters. The van der Waals surface area contributed by atoms with Crippen LogP contribution in [0.1, 0.15) is 18.2 Å². The fourth-order valence-corrected chi connectivity index (χ4v) is 2.05. The smallest absolute Gasteiger partial charge is 0.161 e. The van der Waals surface area contributed by atoms with Crippen LogP contribution >= 0.6 is 11.6 Å². The van der Waals surface area contributed by atoms with Gasteiger partial charge in [0.2, 0.25) is 0 Å². The van der Waals surface area contributed by atoms with E-state index in [1.54, 1.807) is 24.3 Å². The molecule has 0 spiro atoms. The van der Waals surface area contributed by atoms with Crippen molar-refractivity contribution in [3.05, 3.63) is 40.7 Å². The fourth-order valence-electron chi connectivity index (χ4n) is 1.70. The van der Waals surface area contributed by atoms with E-state index in [4.69, 9.17) is 11.6 Å². The van der Waals surface area contributed by atoms with Crippen LogP contribution in [0.4, 0.5) is 0 Å². The van der Waals surface area contributed by atoms with Gasteiger partial charge < -0.3 is 5.11 Å². The SMILES string of the molecule is CCc1c(C)nc(-c2ccc(O)cc2)nc1Cl. The molecule has 0 bridgehead atoms. The van der Waals surface area contributed by atoms with E-state index in [1.165, 1.54) is 0 Å². The molecule has 1 aromatic heterocycles. The van der Waals surface area contributed by atoms with Crippen molar-refractivity contribution in [1.82, 2.24) is 9.97 Å². The molecule has 2 rings (SSSR count). The van der Waals surface area contributed by atoms with Gasteiger partial charge in [-0.25, -0.2) is 9.97 Å². The van der Waals surface area contributed by atoms with Gasteiger partial charge in [-0.15, -0.1) is 0 Å². The highest BCUT2D eigenvalue weighted by atomic mass is 35.5. The number of aromatic nitrogens is 2. The number of halogens is 1. The number of aryl methyl sites for hydroxylation is 1. The molecule has 0 saturated heterocycles. The number of phenols is 1. The molecule has 0 radical (unpaired) electrons. The Kier molecular flexibility index (Phi) is 3.29. The lowest BCUT2D eigenvalue weighted by Crippen LogP contribution is -1.99. The van der Waals surface area contributed by atoms with E-state index in [1.807, 2.05) is 13.8 Å². The van der Waals surface area contributed by atoms with Gasteiger partial charge >= 0.3 is 0 Å². The van der Waals surface area contributed by atoms with Crippen LogP contribution in [0.25, 0.3) is 11.4 Å². The Morgan fingerprint density at radius 2 is 1.82 bits per heavy atom. The zero-order valence-corrected chi connectivity index (χ0v) is 10.5. The predicted molar refractivity (Wildman–Crippen MR) is 68.3 cm³/mol. The molecular weight excluding hydrogens is 236 g/mol. The topological polar surface area (TPSA) is 46.0 Å². The minimum atomic E-state index is 0.224. The molecule has 88 valence electrons. The lowest BCUT2D eigenvalue weighted by Gasteiger charge is -2.07. The molecule has 1 aromatic carbocycles. The minimum Gasteiger partial charge on any atom is -0.508 e. The number of hydrogen-bond acceptors (Lipinski definition) is 3. The van der Waals surface area contributed by atoms with Gasteiger partial charge in [-0.2, -0.15) is 0 Å². The Balaban J connectivity index is 2.50. The quantitative estimate of drug-likeness (QED) is 0.829. The maximum Gasteiger partial charge on any atom is 0.161 e. The van der Waals surface area contributed by atoms with Gasteiger partial charge in [-0.1, -0.05) is 18.5 Å². The fraction of sp³-hybridized carbons (Fsp3) is 0.231. The first-order valence-electron chi connectivity index (χ1n) is 5.44. The molecule has 0 fully saturated rings. The first-order chi connectivity index (χ1) is 8.11. The van der Waals surface area contributed by atoms with Crippen LogP contribution in [0.5, 0.6) is 5.75 Å². The van der Waals surface area contributed by atoms with Crippen LogP contribution in [-0.2, 0) is 6.42 Å². The standard InChI is InChI=1S/C13H13ClN2O/c1-3-11-8(2)15-13(16-12(11)14)9-4-6-10(17)7-5-9/h4-7,17H,3H2,1-2H3. The highest BCUT2D eigenvalue weighted by Crippen LogP contribution is 2.23. The molecule has 2 aromatic rings. The molecule has 0 amide bonds. The monoisotopic (exact) mass is 248 g/mol. The maximum absolute atomic E-state index is 9.23. The van der Waals surface area contributed by atoms with Crippen LogP contribution < -0.4 is 0 Å². The Bertz CT molecular complexity index is 515. The molecule has 4 heteroatoms. The van der Waals surface area contributed by atoms with Gasteiger partial charge in [-0.3, -0.25) is 0 Å². The third kappa shape index (κ3) is 2.39. The Labute approximate surface area is 105 Å². The normalized spacial score (nSPS) is 10.5. The molecule has 0 unspecified atom stereocenters. The summed E-state index contributed by atoms with van der Waals surface area (Å²) in [5, 5.41) is 9.73. The minimum absolute atomic E-state index is 0.224. The van der Waals surface area contributed by atoms with Gasteiger partial charge in [0.05, 0.1) is 0 Å². The molecule has 1 heterocycles. The summed E-state index contributed by atoms with van der Waals surface area (Å²) in [6.07, 6.45) is 0.820. The van der Waals surface area contributed by atoms with E-state index >= 15 is 0 Å². The van der Waals surface area contributed by atoms with Gasteiger partial charge in [0, 0.05) is 16.8 Å². The number of hydrogen-bond donors (Lipinski definition) is 1. The summed E-state index contributed by atoms with van der Waals surface area (Å²) in [5.41, 5.74) is 2.72. The summed E-state index contributed by atoms with van der Waals surface area (Å²) in [6.45, 7) is 3.95. The average molecular weight is 249 g/mol. The summed E-state index contributed by atoms with van der Waals surface area (Å²) in [7, 11) is 0. The first kappa shape index (κ1) is 11.9. The van der Waals surface area contributed by atoms with E-state index in [-0.39, 0.29) is 5.75 Å². The molecule has 1 N–H and O–H groups in total. The van der Waals surface area contributed by atoms with Crippen LogP contribution in [0.15, 0.2) is 24.3 Å². The van der Waals surface area contributed by atoms with Gasteiger partial charge in [0.15, 0.2) is 5.82 Å². The van der Waals surface area contributed by atoms with Crippen molar-refractivity contribution in [2.24, 2.45) is 0 Å². The summed E-state index contributed by atoms with van der Waals surface area (Å²) >= 11 is 6.12. The second-order valence-corrected chi connectivity index (χ2v) is 4.16. The summed E-state index contributed by atoms with van der Waals surface area (Å²) in [6, 6.07) is 6.75. The van der Waals surface area contributed by atoms with Crippen molar-refractivity contribution < 1.29 is 5.11 Å². The number of nitrogens with zero attached hydrogens (tertiary/aromatic N) is 2. The zero-order chi connectivity index (χ0) is 12.4. The third-order valence-corrected chi connectivity index (χ3v) is 2.96. The van der Waals surface area contributed by atoms with Crippen LogP contribution in [-0.4, -0.2) is 15.1 Å². The van der Waals surface area contributed by atoms with E-state index in [0.29, 0.717) is 11.0 Å².